The Kier molecular flexibility index (Phi) is 8.06. The molecule has 0 spiro atoms. The zero-order chi connectivity index (χ0) is 16.4. The average Bonchev–Trinajstić information content (AvgIpc) is 2.50. The summed E-state index contributed by atoms with van der Waals surface area (Å²) in [5.74, 6) is -0.553. The lowest BCUT2D eigenvalue weighted by molar-refractivity contribution is -0.116. The summed E-state index contributed by atoms with van der Waals surface area (Å²) in [6.45, 7) is 0.561. The number of amides is 2. The molecule has 7 heteroatoms. The number of hydrogen-bond donors (Lipinski definition) is 3. The number of carbonyl (C=O) groups is 3. The fourth-order valence-corrected chi connectivity index (χ4v) is 1.96. The van der Waals surface area contributed by atoms with Crippen molar-refractivity contribution in [3.63, 3.8) is 0 Å². The van der Waals surface area contributed by atoms with E-state index in [0.29, 0.717) is 24.2 Å². The minimum Gasteiger partial charge on any atom is -0.465 e. The molecule has 0 radical (unpaired) electrons. The maximum atomic E-state index is 11.8. The van der Waals surface area contributed by atoms with E-state index in [-0.39, 0.29) is 11.1 Å². The summed E-state index contributed by atoms with van der Waals surface area (Å²) < 4.78 is 4.63. The van der Waals surface area contributed by atoms with Crippen LogP contribution in [0.15, 0.2) is 24.3 Å². The molecule has 2 amide bonds. The Morgan fingerprint density at radius 3 is 2.64 bits per heavy atom. The quantitative estimate of drug-likeness (QED) is 0.390. The van der Waals surface area contributed by atoms with Gasteiger partial charge in [0, 0.05) is 18.7 Å². The van der Waals surface area contributed by atoms with Crippen molar-refractivity contribution in [2.45, 2.75) is 25.7 Å². The third kappa shape index (κ3) is 7.12. The van der Waals surface area contributed by atoms with Gasteiger partial charge in [-0.05, 0) is 31.0 Å². The van der Waals surface area contributed by atoms with Gasteiger partial charge in [-0.3, -0.25) is 9.59 Å². The van der Waals surface area contributed by atoms with Crippen molar-refractivity contribution >= 4 is 35.4 Å². The minimum atomic E-state index is -0.442. The fourth-order valence-electron chi connectivity index (χ4n) is 1.85. The second-order valence-corrected chi connectivity index (χ2v) is 5.07. The van der Waals surface area contributed by atoms with E-state index < -0.39 is 5.97 Å². The number of nitrogens with one attached hydrogen (secondary N) is 2. The molecule has 0 unspecified atom stereocenters. The molecule has 120 valence electrons. The van der Waals surface area contributed by atoms with E-state index in [2.05, 4.69) is 28.0 Å². The molecule has 0 bridgehead atoms. The van der Waals surface area contributed by atoms with Crippen LogP contribution in [0.1, 0.15) is 36.0 Å². The second-order valence-electron chi connectivity index (χ2n) is 4.66. The number of carbonyl (C=O) groups excluding carboxylic acids is 3. The van der Waals surface area contributed by atoms with Crippen molar-refractivity contribution in [2.24, 2.45) is 0 Å². The maximum absolute atomic E-state index is 11.8. The molecule has 0 fully saturated rings. The summed E-state index contributed by atoms with van der Waals surface area (Å²) in [5, 5.41) is 4.97. The number of thiol groups is 1. The Morgan fingerprint density at radius 2 is 1.95 bits per heavy atom. The minimum absolute atomic E-state index is 0.111. The topological polar surface area (TPSA) is 84.5 Å². The highest BCUT2D eigenvalue weighted by Crippen LogP contribution is 2.12. The Hall–Kier alpha value is -2.02. The Balaban J connectivity index is 2.30. The van der Waals surface area contributed by atoms with Gasteiger partial charge in [0.15, 0.2) is 0 Å². The second kappa shape index (κ2) is 9.83. The van der Waals surface area contributed by atoms with E-state index >= 15 is 0 Å². The smallest absolute Gasteiger partial charge is 0.337 e. The summed E-state index contributed by atoms with van der Waals surface area (Å²) in [6.07, 6.45) is 2.75. The summed E-state index contributed by atoms with van der Waals surface area (Å²) >= 11 is 3.59. The number of unbranched alkanes of at least 4 members (excludes halogenated alkanes) is 2. The van der Waals surface area contributed by atoms with E-state index in [4.69, 9.17) is 0 Å². The normalized spacial score (nSPS) is 9.91. The van der Waals surface area contributed by atoms with E-state index in [1.54, 1.807) is 24.3 Å². The van der Waals surface area contributed by atoms with Gasteiger partial charge in [0.1, 0.15) is 0 Å². The van der Waals surface area contributed by atoms with Gasteiger partial charge >= 0.3 is 5.97 Å². The largest absolute Gasteiger partial charge is 0.465 e. The van der Waals surface area contributed by atoms with Crippen LogP contribution in [-0.4, -0.2) is 30.8 Å². The first kappa shape index (κ1) is 18.0. The molecule has 0 aliphatic carbocycles. The number of benzene rings is 1. The van der Waals surface area contributed by atoms with E-state index in [9.17, 15) is 14.4 Å². The molecule has 0 aromatic heterocycles. The zero-order valence-corrected chi connectivity index (χ0v) is 13.3. The molecule has 1 rings (SSSR count). The molecule has 1 aromatic carbocycles. The van der Waals surface area contributed by atoms with Gasteiger partial charge in [0.05, 0.1) is 12.7 Å². The van der Waals surface area contributed by atoms with Crippen molar-refractivity contribution in [2.75, 3.05) is 19.0 Å². The van der Waals surface area contributed by atoms with E-state index in [1.165, 1.54) is 7.11 Å². The number of rotatable bonds is 8. The highest BCUT2D eigenvalue weighted by atomic mass is 32.1. The van der Waals surface area contributed by atoms with Crippen molar-refractivity contribution in [3.05, 3.63) is 29.8 Å². The Labute approximate surface area is 135 Å². The van der Waals surface area contributed by atoms with Gasteiger partial charge in [0.2, 0.25) is 5.91 Å². The maximum Gasteiger partial charge on any atom is 0.337 e. The van der Waals surface area contributed by atoms with E-state index in [0.717, 1.165) is 19.3 Å². The van der Waals surface area contributed by atoms with Crippen LogP contribution in [0.4, 0.5) is 10.5 Å². The van der Waals surface area contributed by atoms with Gasteiger partial charge in [-0.1, -0.05) is 25.1 Å². The number of methoxy groups -OCH3 is 1. The van der Waals surface area contributed by atoms with Crippen LogP contribution in [0.2, 0.25) is 0 Å². The van der Waals surface area contributed by atoms with Crippen molar-refractivity contribution in [3.8, 4) is 0 Å². The van der Waals surface area contributed by atoms with Gasteiger partial charge in [-0.15, -0.1) is 0 Å². The van der Waals surface area contributed by atoms with Crippen molar-refractivity contribution in [1.82, 2.24) is 5.32 Å². The van der Waals surface area contributed by atoms with E-state index in [1.807, 2.05) is 0 Å². The molecule has 2 N–H and O–H groups in total. The molecule has 0 saturated carbocycles. The molecule has 22 heavy (non-hydrogen) atoms. The summed E-state index contributed by atoms with van der Waals surface area (Å²) in [6, 6.07) is 6.59. The monoisotopic (exact) mass is 324 g/mol. The first-order valence-electron chi connectivity index (χ1n) is 6.98. The predicted octanol–water partition coefficient (Wildman–Crippen LogP) is 2.61. The Morgan fingerprint density at radius 1 is 1.18 bits per heavy atom. The van der Waals surface area contributed by atoms with Crippen LogP contribution in [0, 0.1) is 0 Å². The highest BCUT2D eigenvalue weighted by Gasteiger charge is 2.07. The van der Waals surface area contributed by atoms with Crippen LogP contribution in [-0.2, 0) is 9.53 Å². The number of ether oxygens (including phenoxy) is 1. The SMILES string of the molecule is COC(=O)c1cccc(NC(=O)CCCCCNC(=O)S)c1. The first-order chi connectivity index (χ1) is 10.5. The molecule has 0 saturated heterocycles. The van der Waals surface area contributed by atoms with Crippen molar-refractivity contribution < 1.29 is 19.1 Å². The molecule has 0 heterocycles. The van der Waals surface area contributed by atoms with Crippen molar-refractivity contribution in [1.29, 1.82) is 0 Å². The zero-order valence-electron chi connectivity index (χ0n) is 12.4. The van der Waals surface area contributed by atoms with Gasteiger partial charge in [0.25, 0.3) is 5.24 Å². The molecule has 6 nitrogen and oxygen atoms in total. The van der Waals surface area contributed by atoms with Crippen LogP contribution in [0.3, 0.4) is 0 Å². The molecule has 0 aliphatic rings. The highest BCUT2D eigenvalue weighted by molar-refractivity contribution is 7.96. The molecule has 1 aromatic rings. The van der Waals surface area contributed by atoms with Gasteiger partial charge in [-0.2, -0.15) is 0 Å². The lowest BCUT2D eigenvalue weighted by Crippen LogP contribution is -2.17. The lowest BCUT2D eigenvalue weighted by Gasteiger charge is -2.07. The molecular formula is C15H20N2O4S. The third-order valence-electron chi connectivity index (χ3n) is 2.92. The lowest BCUT2D eigenvalue weighted by atomic mass is 10.1. The summed E-state index contributed by atoms with van der Waals surface area (Å²) in [5.41, 5.74) is 0.957. The number of hydrogen-bond acceptors (Lipinski definition) is 4. The first-order valence-corrected chi connectivity index (χ1v) is 7.42. The number of anilines is 1. The molecule has 0 aliphatic heterocycles. The van der Waals surface area contributed by atoms with Crippen LogP contribution in [0.25, 0.3) is 0 Å². The third-order valence-corrected chi connectivity index (χ3v) is 3.08. The summed E-state index contributed by atoms with van der Waals surface area (Å²) in [7, 11) is 1.31. The summed E-state index contributed by atoms with van der Waals surface area (Å²) in [4.78, 5) is 33.7. The Bertz CT molecular complexity index is 534. The average molecular weight is 324 g/mol. The molecular weight excluding hydrogens is 304 g/mol. The number of esters is 1. The fraction of sp³-hybridized carbons (Fsp3) is 0.400. The predicted molar refractivity (Wildman–Crippen MR) is 87.3 cm³/mol. The van der Waals surface area contributed by atoms with Gasteiger partial charge in [-0.25, -0.2) is 4.79 Å². The van der Waals surface area contributed by atoms with Crippen LogP contribution in [0.5, 0.6) is 0 Å². The van der Waals surface area contributed by atoms with Crippen LogP contribution < -0.4 is 10.6 Å². The standard InChI is InChI=1S/C15H20N2O4S/c1-21-14(19)11-6-5-7-12(10-11)17-13(18)8-3-2-4-9-16-15(20)22/h5-7,10H,2-4,8-9H2,1H3,(H,17,18)(H2,16,20,22). The van der Waals surface area contributed by atoms with Gasteiger partial charge < -0.3 is 15.4 Å². The van der Waals surface area contributed by atoms with Crippen LogP contribution >= 0.6 is 12.6 Å². The molecule has 0 atom stereocenters.